The highest BCUT2D eigenvalue weighted by Gasteiger charge is 2.66. The van der Waals surface area contributed by atoms with E-state index in [2.05, 4.69) is 57.8 Å². The first-order valence-corrected chi connectivity index (χ1v) is 13.7. The first-order chi connectivity index (χ1) is 19.6. The first-order valence-electron chi connectivity index (χ1n) is 13.3. The summed E-state index contributed by atoms with van der Waals surface area (Å²) in [5.74, 6) is -0.694. The summed E-state index contributed by atoms with van der Waals surface area (Å²) in [4.78, 5) is 8.30. The number of hydrogen-bond acceptors (Lipinski definition) is 7. The molecule has 13 heteroatoms. The van der Waals surface area contributed by atoms with Crippen LogP contribution in [0.15, 0.2) is 36.7 Å². The molecule has 1 saturated carbocycles. The zero-order chi connectivity index (χ0) is 30.6. The minimum absolute atomic E-state index is 0.0373. The van der Waals surface area contributed by atoms with Gasteiger partial charge in [-0.3, -0.25) is 4.98 Å². The van der Waals surface area contributed by atoms with Crippen molar-refractivity contribution in [1.82, 2.24) is 25.0 Å². The van der Waals surface area contributed by atoms with Gasteiger partial charge in [0.25, 0.3) is 0 Å². The van der Waals surface area contributed by atoms with Gasteiger partial charge in [-0.15, -0.1) is 5.10 Å². The summed E-state index contributed by atoms with van der Waals surface area (Å²) in [6.07, 6.45) is -1.95. The average Bonchev–Trinajstić information content (AvgIpc) is 3.59. The van der Waals surface area contributed by atoms with E-state index in [9.17, 15) is 22.8 Å². The van der Waals surface area contributed by atoms with Gasteiger partial charge in [0.05, 0.1) is 34.0 Å². The quantitative estimate of drug-likeness (QED) is 0.169. The monoisotopic (exact) mass is 600 g/mol. The number of anilines is 2. The van der Waals surface area contributed by atoms with E-state index in [1.54, 1.807) is 19.1 Å². The molecule has 220 valence electrons. The van der Waals surface area contributed by atoms with Crippen molar-refractivity contribution in [2.75, 3.05) is 10.6 Å². The van der Waals surface area contributed by atoms with E-state index >= 15 is 0 Å². The standard InChI is InChI=1S/C29H29ClF4N8/c1-15-19(6-7-23(31)37-15)26(22-14-42(41-40-22)28(8-9-28)29(32,33)34)39-18-10-20-24(38-16(2)27(3,4)5)17(12-35)13-36-25(20)21(30)11-18/h6-7,10-11,13-14,16,26,39H,8-9H2,1-5H3,(H,36,38)/t16-,26+/m1/s1. The van der Waals surface area contributed by atoms with Crippen LogP contribution in [0.5, 0.6) is 0 Å². The Bertz CT molecular complexity index is 1700. The van der Waals surface area contributed by atoms with Gasteiger partial charge in [0.15, 0.2) is 5.54 Å². The Morgan fingerprint density at radius 1 is 1.14 bits per heavy atom. The molecule has 1 aliphatic carbocycles. The van der Waals surface area contributed by atoms with Crippen LogP contribution in [0.4, 0.5) is 28.9 Å². The van der Waals surface area contributed by atoms with Gasteiger partial charge in [0, 0.05) is 34.6 Å². The third-order valence-corrected chi connectivity index (χ3v) is 8.20. The summed E-state index contributed by atoms with van der Waals surface area (Å²) in [6, 6.07) is 7.34. The highest BCUT2D eigenvalue weighted by atomic mass is 35.5. The van der Waals surface area contributed by atoms with Crippen LogP contribution in [0.2, 0.25) is 5.02 Å². The van der Waals surface area contributed by atoms with E-state index in [4.69, 9.17) is 11.6 Å². The lowest BCUT2D eigenvalue weighted by atomic mass is 9.87. The molecule has 3 heterocycles. The number of hydrogen-bond donors (Lipinski definition) is 2. The Kier molecular flexibility index (Phi) is 7.29. The number of nitrogens with one attached hydrogen (secondary N) is 2. The molecule has 8 nitrogen and oxygen atoms in total. The van der Waals surface area contributed by atoms with Crippen LogP contribution in [0.25, 0.3) is 10.9 Å². The van der Waals surface area contributed by atoms with Crippen molar-refractivity contribution in [1.29, 1.82) is 5.26 Å². The van der Waals surface area contributed by atoms with Crippen molar-refractivity contribution in [3.05, 3.63) is 70.1 Å². The molecule has 42 heavy (non-hydrogen) atoms. The Labute approximate surface area is 245 Å². The molecule has 0 amide bonds. The maximum absolute atomic E-state index is 13.9. The molecule has 2 atom stereocenters. The number of halogens is 5. The third-order valence-electron chi connectivity index (χ3n) is 7.92. The van der Waals surface area contributed by atoms with Crippen LogP contribution in [-0.4, -0.2) is 37.2 Å². The number of aromatic nitrogens is 5. The number of pyridine rings is 2. The number of aryl methyl sites for hydroxylation is 1. The van der Waals surface area contributed by atoms with Crippen LogP contribution in [-0.2, 0) is 5.54 Å². The lowest BCUT2D eigenvalue weighted by molar-refractivity contribution is -0.182. The number of rotatable bonds is 7. The summed E-state index contributed by atoms with van der Waals surface area (Å²) >= 11 is 6.67. The van der Waals surface area contributed by atoms with Gasteiger partial charge in [0.1, 0.15) is 11.8 Å². The minimum Gasteiger partial charge on any atom is -0.380 e. The predicted octanol–water partition coefficient (Wildman–Crippen LogP) is 7.29. The molecule has 0 spiro atoms. The number of nitriles is 1. The normalized spacial score (nSPS) is 16.1. The SMILES string of the molecule is Cc1nc(F)ccc1[C@H](Nc1cc(Cl)c2ncc(C#N)c(N[C@H](C)C(C)(C)C)c2c1)c1cn(C2(C(F)(F)F)CC2)nn1. The molecule has 1 aliphatic rings. The second-order valence-corrected chi connectivity index (χ2v) is 12.2. The molecule has 5 rings (SSSR count). The van der Waals surface area contributed by atoms with Crippen LogP contribution in [0, 0.1) is 29.6 Å². The third kappa shape index (κ3) is 5.33. The summed E-state index contributed by atoms with van der Waals surface area (Å²) in [6.45, 7) is 9.82. The average molecular weight is 601 g/mol. The summed E-state index contributed by atoms with van der Waals surface area (Å²) < 4.78 is 56.2. The molecule has 0 unspecified atom stereocenters. The van der Waals surface area contributed by atoms with E-state index in [0.717, 1.165) is 4.68 Å². The predicted molar refractivity (Wildman–Crippen MR) is 152 cm³/mol. The lowest BCUT2D eigenvalue weighted by Crippen LogP contribution is -2.35. The summed E-state index contributed by atoms with van der Waals surface area (Å²) in [7, 11) is 0. The van der Waals surface area contributed by atoms with Crippen LogP contribution in [0.3, 0.4) is 0 Å². The fraction of sp³-hybridized carbons (Fsp3) is 0.414. The van der Waals surface area contributed by atoms with E-state index in [1.807, 2.05) is 6.92 Å². The van der Waals surface area contributed by atoms with Crippen molar-refractivity contribution in [3.8, 4) is 6.07 Å². The minimum atomic E-state index is -4.49. The molecule has 1 fully saturated rings. The van der Waals surface area contributed by atoms with Gasteiger partial charge in [-0.25, -0.2) is 9.67 Å². The van der Waals surface area contributed by atoms with Gasteiger partial charge >= 0.3 is 6.18 Å². The molecule has 0 aliphatic heterocycles. The second kappa shape index (κ2) is 10.4. The maximum atomic E-state index is 13.9. The second-order valence-electron chi connectivity index (χ2n) is 11.7. The Balaban J connectivity index is 1.62. The van der Waals surface area contributed by atoms with Gasteiger partial charge < -0.3 is 10.6 Å². The largest absolute Gasteiger partial charge is 0.413 e. The molecular weight excluding hydrogens is 572 g/mol. The molecule has 0 radical (unpaired) electrons. The van der Waals surface area contributed by atoms with Crippen LogP contribution >= 0.6 is 11.6 Å². The van der Waals surface area contributed by atoms with Gasteiger partial charge in [-0.05, 0) is 50.3 Å². The number of benzene rings is 1. The topological polar surface area (TPSA) is 104 Å². The van der Waals surface area contributed by atoms with E-state index < -0.39 is 23.7 Å². The zero-order valence-electron chi connectivity index (χ0n) is 23.6. The van der Waals surface area contributed by atoms with Crippen LogP contribution < -0.4 is 10.6 Å². The first kappa shape index (κ1) is 29.5. The van der Waals surface area contributed by atoms with Crippen molar-refractivity contribution < 1.29 is 17.6 Å². The van der Waals surface area contributed by atoms with Crippen molar-refractivity contribution in [2.24, 2.45) is 5.41 Å². The number of nitrogens with zero attached hydrogens (tertiary/aromatic N) is 6. The van der Waals surface area contributed by atoms with Crippen LogP contribution in [0.1, 0.15) is 69.1 Å². The highest BCUT2D eigenvalue weighted by molar-refractivity contribution is 6.35. The van der Waals surface area contributed by atoms with E-state index in [1.165, 1.54) is 24.5 Å². The van der Waals surface area contributed by atoms with Gasteiger partial charge in [-0.2, -0.15) is 22.8 Å². The lowest BCUT2D eigenvalue weighted by Gasteiger charge is -2.30. The molecule has 2 N–H and O–H groups in total. The van der Waals surface area contributed by atoms with Crippen molar-refractivity contribution in [2.45, 2.75) is 71.3 Å². The molecule has 0 saturated heterocycles. The number of alkyl halides is 3. The van der Waals surface area contributed by atoms with Crippen molar-refractivity contribution in [3.63, 3.8) is 0 Å². The zero-order valence-corrected chi connectivity index (χ0v) is 24.4. The van der Waals surface area contributed by atoms with Gasteiger partial charge in [-0.1, -0.05) is 43.7 Å². The molecular formula is C29H29ClF4N8. The maximum Gasteiger partial charge on any atom is 0.413 e. The Hall–Kier alpha value is -3.98. The molecule has 4 aromatic rings. The van der Waals surface area contributed by atoms with E-state index in [0.29, 0.717) is 39.1 Å². The van der Waals surface area contributed by atoms with Crippen molar-refractivity contribution >= 4 is 33.9 Å². The molecule has 3 aromatic heterocycles. The fourth-order valence-electron chi connectivity index (χ4n) is 4.72. The molecule has 1 aromatic carbocycles. The Morgan fingerprint density at radius 3 is 2.45 bits per heavy atom. The fourth-order valence-corrected chi connectivity index (χ4v) is 4.99. The van der Waals surface area contributed by atoms with Gasteiger partial charge in [0.2, 0.25) is 5.95 Å². The Morgan fingerprint density at radius 2 is 1.86 bits per heavy atom. The number of fused-ring (bicyclic) bond motifs is 1. The smallest absolute Gasteiger partial charge is 0.380 e. The summed E-state index contributed by atoms with van der Waals surface area (Å²) in [5.41, 5.74) is 0.577. The van der Waals surface area contributed by atoms with E-state index in [-0.39, 0.29) is 35.0 Å². The highest BCUT2D eigenvalue weighted by Crippen LogP contribution is 2.55. The molecule has 0 bridgehead atoms. The summed E-state index contributed by atoms with van der Waals surface area (Å²) in [5, 5.41) is 25.4.